The largest absolute Gasteiger partial charge is 3.00 e. The van der Waals surface area contributed by atoms with Gasteiger partial charge in [-0.1, -0.05) is 44.4 Å². The maximum atomic E-state index is 3.45. The molecule has 0 saturated carbocycles. The van der Waals surface area contributed by atoms with Crippen LogP contribution in [0.1, 0.15) is 51.3 Å². The molecule has 2 rings (SSSR count). The normalized spacial score (nSPS) is 16.1. The van der Waals surface area contributed by atoms with Crippen molar-refractivity contribution in [1.82, 2.24) is 0 Å². The van der Waals surface area contributed by atoms with E-state index in [1.165, 1.54) is 39.0 Å². The monoisotopic (exact) mass is 357 g/mol. The van der Waals surface area contributed by atoms with Gasteiger partial charge in [0.15, 0.2) is 0 Å². The van der Waals surface area contributed by atoms with Crippen LogP contribution in [0.4, 0.5) is 0 Å². The summed E-state index contributed by atoms with van der Waals surface area (Å²) in [6, 6.07) is 7.88. The van der Waals surface area contributed by atoms with Gasteiger partial charge in [0.05, 0.1) is 0 Å². The Labute approximate surface area is 157 Å². The Morgan fingerprint density at radius 3 is 1.76 bits per heavy atom. The van der Waals surface area contributed by atoms with Crippen molar-refractivity contribution in [2.75, 3.05) is 0 Å². The molecule has 0 saturated heterocycles. The fourth-order valence-electron chi connectivity index (χ4n) is 3.14. The van der Waals surface area contributed by atoms with Gasteiger partial charge >= 0.3 is 21.7 Å². The molecule has 1 aliphatic rings. The summed E-state index contributed by atoms with van der Waals surface area (Å²) in [5, 5.41) is 0. The molecule has 1 aromatic carbocycles. The van der Waals surface area contributed by atoms with Crippen LogP contribution in [-0.4, -0.2) is 0 Å². The van der Waals surface area contributed by atoms with Crippen molar-refractivity contribution >= 4 is 5.57 Å². The summed E-state index contributed by atoms with van der Waals surface area (Å²) in [4.78, 5) is 0. The Morgan fingerprint density at radius 1 is 0.857 bits per heavy atom. The van der Waals surface area contributed by atoms with Gasteiger partial charge in [0.25, 0.3) is 0 Å². The van der Waals surface area contributed by atoms with Crippen LogP contribution in [-0.2, 0) is 21.7 Å². The van der Waals surface area contributed by atoms with Crippen molar-refractivity contribution in [2.24, 2.45) is 5.41 Å². The zero-order valence-corrected chi connectivity index (χ0v) is 17.0. The molecule has 0 nitrogen and oxygen atoms in total. The number of aryl methyl sites for hydroxylation is 2. The summed E-state index contributed by atoms with van der Waals surface area (Å²) in [6.45, 7) is 15.7. The molecule has 21 heavy (non-hydrogen) atoms. The molecule has 113 valence electrons. The molecule has 0 N–H and O–H groups in total. The van der Waals surface area contributed by atoms with Gasteiger partial charge < -0.3 is 24.8 Å². The van der Waals surface area contributed by atoms with Gasteiger partial charge in [0, 0.05) is 5.41 Å². The Hall–Kier alpha value is -0.00571. The van der Waals surface area contributed by atoms with Gasteiger partial charge in [-0.15, -0.1) is 5.56 Å². The van der Waals surface area contributed by atoms with E-state index in [9.17, 15) is 0 Å². The molecule has 3 heteroatoms. The molecule has 1 aromatic rings. The van der Waals surface area contributed by atoms with Gasteiger partial charge in [-0.3, -0.25) is 0 Å². The van der Waals surface area contributed by atoms with E-state index >= 15 is 0 Å². The standard InChI is InChI=1S/C18H23.2ClH.Ti/c1-11-8-9-16(12(2)10-11)17-14(4)13(3)15(5)18(17,6)7;;;/h8-9H,1-7H3;2*1H;/q-1;;;+3/p-2. The van der Waals surface area contributed by atoms with Crippen molar-refractivity contribution in [3.63, 3.8) is 0 Å². The molecule has 0 aromatic heterocycles. The van der Waals surface area contributed by atoms with Crippen molar-refractivity contribution < 1.29 is 46.5 Å². The number of hydrogen-bond acceptors (Lipinski definition) is 0. The molecule has 0 atom stereocenters. The Bertz CT molecular complexity index is 581. The minimum Gasteiger partial charge on any atom is -1.00 e. The van der Waals surface area contributed by atoms with Crippen molar-refractivity contribution in [1.29, 1.82) is 0 Å². The average Bonchev–Trinajstić information content (AvgIpc) is 2.42. The molecular formula is C18H23Cl2Ti. The van der Waals surface area contributed by atoms with Gasteiger partial charge in [-0.05, 0) is 26.3 Å². The zero-order chi connectivity index (χ0) is 13.7. The summed E-state index contributed by atoms with van der Waals surface area (Å²) in [6.07, 6.45) is 0. The van der Waals surface area contributed by atoms with Crippen LogP contribution >= 0.6 is 0 Å². The van der Waals surface area contributed by atoms with Crippen LogP contribution in [0.3, 0.4) is 0 Å². The first-order valence-electron chi connectivity index (χ1n) is 6.66. The quantitative estimate of drug-likeness (QED) is 0.458. The smallest absolute Gasteiger partial charge is 1.00 e. The average molecular weight is 358 g/mol. The molecule has 0 aliphatic heterocycles. The minimum atomic E-state index is 0. The maximum Gasteiger partial charge on any atom is 3.00 e. The minimum absolute atomic E-state index is 0. The van der Waals surface area contributed by atoms with Gasteiger partial charge in [-0.25, -0.2) is 0 Å². The Kier molecular flexibility index (Phi) is 8.88. The van der Waals surface area contributed by atoms with Crippen LogP contribution in [0.5, 0.6) is 0 Å². The summed E-state index contributed by atoms with van der Waals surface area (Å²) in [7, 11) is 0. The van der Waals surface area contributed by atoms with Crippen LogP contribution in [0.25, 0.3) is 5.57 Å². The molecule has 0 bridgehead atoms. The second-order valence-electron chi connectivity index (χ2n) is 6.06. The van der Waals surface area contributed by atoms with E-state index < -0.39 is 0 Å². The number of benzene rings is 1. The predicted molar refractivity (Wildman–Crippen MR) is 79.5 cm³/mol. The summed E-state index contributed by atoms with van der Waals surface area (Å²) in [5.74, 6) is 0. The molecule has 0 amide bonds. The predicted octanol–water partition coefficient (Wildman–Crippen LogP) is -0.741. The fourth-order valence-corrected chi connectivity index (χ4v) is 3.14. The van der Waals surface area contributed by atoms with Crippen LogP contribution in [0.2, 0.25) is 0 Å². The van der Waals surface area contributed by atoms with Crippen LogP contribution in [0.15, 0.2) is 28.9 Å². The van der Waals surface area contributed by atoms with Crippen molar-refractivity contribution in [2.45, 2.75) is 48.5 Å². The van der Waals surface area contributed by atoms with E-state index in [1.807, 2.05) is 0 Å². The van der Waals surface area contributed by atoms with Crippen molar-refractivity contribution in [3.05, 3.63) is 51.6 Å². The summed E-state index contributed by atoms with van der Waals surface area (Å²) in [5.41, 5.74) is 9.85. The second-order valence-corrected chi connectivity index (χ2v) is 6.06. The molecule has 1 aliphatic carbocycles. The van der Waals surface area contributed by atoms with Gasteiger partial charge in [0.2, 0.25) is 0 Å². The third-order valence-corrected chi connectivity index (χ3v) is 4.62. The van der Waals surface area contributed by atoms with E-state index in [0.717, 1.165) is 0 Å². The van der Waals surface area contributed by atoms with Gasteiger partial charge in [-0.2, -0.15) is 29.3 Å². The molecule has 0 spiro atoms. The second kappa shape index (κ2) is 8.02. The SMILES string of the molecule is CC1=C(C)C(C)(C)C(c2ccc(C)[c-]c2C)=C1C.[Cl-].[Cl-].[Ti+3]. The van der Waals surface area contributed by atoms with Crippen LogP contribution in [0, 0.1) is 25.3 Å². The first kappa shape index (κ1) is 23.3. The third kappa shape index (κ3) is 3.85. The zero-order valence-electron chi connectivity index (χ0n) is 13.9. The maximum absolute atomic E-state index is 3.45. The Morgan fingerprint density at radius 2 is 1.38 bits per heavy atom. The topological polar surface area (TPSA) is 0 Å². The Balaban J connectivity index is 0. The fraction of sp³-hybridized carbons (Fsp3) is 0.444. The van der Waals surface area contributed by atoms with Crippen LogP contribution < -0.4 is 24.8 Å². The summed E-state index contributed by atoms with van der Waals surface area (Å²) >= 11 is 0. The molecular weight excluding hydrogens is 335 g/mol. The number of allylic oxidation sites excluding steroid dienone is 4. The first-order chi connectivity index (χ1) is 8.26. The van der Waals surface area contributed by atoms with E-state index in [-0.39, 0.29) is 51.9 Å². The van der Waals surface area contributed by atoms with E-state index in [0.29, 0.717) is 0 Å². The van der Waals surface area contributed by atoms with Gasteiger partial charge in [0.1, 0.15) is 0 Å². The van der Waals surface area contributed by atoms with E-state index in [2.05, 4.69) is 66.7 Å². The molecule has 0 unspecified atom stereocenters. The van der Waals surface area contributed by atoms with Crippen molar-refractivity contribution in [3.8, 4) is 0 Å². The molecule has 0 fully saturated rings. The third-order valence-electron chi connectivity index (χ3n) is 4.62. The van der Waals surface area contributed by atoms with E-state index in [4.69, 9.17) is 0 Å². The molecule has 1 radical (unpaired) electrons. The van der Waals surface area contributed by atoms with E-state index in [1.54, 1.807) is 0 Å². The molecule has 0 heterocycles. The first-order valence-corrected chi connectivity index (χ1v) is 6.66. The number of rotatable bonds is 1. The number of hydrogen-bond donors (Lipinski definition) is 0. The summed E-state index contributed by atoms with van der Waals surface area (Å²) < 4.78 is 0. The number of halogens is 2.